The Kier molecular flexibility index (Phi) is 5.56. The molecule has 1 aliphatic heterocycles. The van der Waals surface area contributed by atoms with E-state index in [0.717, 1.165) is 24.5 Å². The van der Waals surface area contributed by atoms with Crippen molar-refractivity contribution in [2.45, 2.75) is 13.0 Å². The maximum Gasteiger partial charge on any atom is 0.232 e. The third-order valence-corrected chi connectivity index (χ3v) is 4.16. The van der Waals surface area contributed by atoms with Gasteiger partial charge in [0.05, 0.1) is 0 Å². The summed E-state index contributed by atoms with van der Waals surface area (Å²) in [4.78, 5) is 36.4. The molecule has 0 spiro atoms. The van der Waals surface area contributed by atoms with Gasteiger partial charge in [-0.15, -0.1) is 0 Å². The number of carbonyl (C=O) groups excluding carboxylic acids is 2. The number of nitrogens with zero attached hydrogens (tertiary/aromatic N) is 4. The summed E-state index contributed by atoms with van der Waals surface area (Å²) < 4.78 is 0. The molecule has 1 saturated heterocycles. The second-order valence-electron chi connectivity index (χ2n) is 5.86. The van der Waals surface area contributed by atoms with Gasteiger partial charge in [-0.2, -0.15) is 0 Å². The Labute approximate surface area is 146 Å². The molecule has 1 fully saturated rings. The Hall–Kier alpha value is -2.96. The first-order valence-electron chi connectivity index (χ1n) is 8.32. The number of piperazine rings is 1. The molecule has 0 aromatic carbocycles. The zero-order chi connectivity index (χ0) is 17.5. The number of rotatable bonds is 5. The van der Waals surface area contributed by atoms with Crippen LogP contribution in [0.5, 0.6) is 0 Å². The van der Waals surface area contributed by atoms with Crippen LogP contribution in [0.25, 0.3) is 0 Å². The number of carbonyl (C=O) groups is 2. The zero-order valence-corrected chi connectivity index (χ0v) is 14.0. The van der Waals surface area contributed by atoms with Crippen molar-refractivity contribution in [3.63, 3.8) is 0 Å². The van der Waals surface area contributed by atoms with Gasteiger partial charge in [-0.05, 0) is 29.8 Å². The molecular formula is C18H21N5O2. The molecular weight excluding hydrogens is 318 g/mol. The van der Waals surface area contributed by atoms with Crippen LogP contribution in [-0.2, 0) is 16.1 Å². The highest BCUT2D eigenvalue weighted by Crippen LogP contribution is 2.13. The van der Waals surface area contributed by atoms with E-state index in [4.69, 9.17) is 0 Å². The first kappa shape index (κ1) is 16.9. The van der Waals surface area contributed by atoms with Crippen LogP contribution in [0.1, 0.15) is 12.0 Å². The number of pyridine rings is 2. The molecule has 0 aliphatic carbocycles. The fourth-order valence-corrected chi connectivity index (χ4v) is 2.74. The lowest BCUT2D eigenvalue weighted by atomic mass is 10.2. The number of hydrogen-bond donors (Lipinski definition) is 1. The SMILES string of the molecule is O=C(CC(=O)N1CCN(c2ccccn2)CC1)NCc1ccncc1. The third kappa shape index (κ3) is 4.76. The Morgan fingerprint density at radius 2 is 1.76 bits per heavy atom. The highest BCUT2D eigenvalue weighted by atomic mass is 16.2. The van der Waals surface area contributed by atoms with Gasteiger partial charge in [0.15, 0.2) is 0 Å². The van der Waals surface area contributed by atoms with Crippen molar-refractivity contribution in [3.05, 3.63) is 54.5 Å². The van der Waals surface area contributed by atoms with Crippen LogP contribution in [0.15, 0.2) is 48.9 Å². The van der Waals surface area contributed by atoms with E-state index in [0.29, 0.717) is 19.6 Å². The van der Waals surface area contributed by atoms with Gasteiger partial charge in [0.2, 0.25) is 11.8 Å². The van der Waals surface area contributed by atoms with Crippen molar-refractivity contribution < 1.29 is 9.59 Å². The molecule has 3 heterocycles. The average molecular weight is 339 g/mol. The van der Waals surface area contributed by atoms with Crippen molar-refractivity contribution in [3.8, 4) is 0 Å². The Balaban J connectivity index is 1.42. The summed E-state index contributed by atoms with van der Waals surface area (Å²) in [5.74, 6) is 0.534. The van der Waals surface area contributed by atoms with Gasteiger partial charge < -0.3 is 15.1 Å². The molecule has 2 aromatic heterocycles. The summed E-state index contributed by atoms with van der Waals surface area (Å²) in [6.45, 7) is 3.06. The predicted molar refractivity (Wildman–Crippen MR) is 93.7 cm³/mol. The van der Waals surface area contributed by atoms with Crippen LogP contribution in [0.2, 0.25) is 0 Å². The molecule has 2 aromatic rings. The second kappa shape index (κ2) is 8.23. The molecule has 0 saturated carbocycles. The van der Waals surface area contributed by atoms with Crippen molar-refractivity contribution in [2.75, 3.05) is 31.1 Å². The summed E-state index contributed by atoms with van der Waals surface area (Å²) in [6, 6.07) is 9.46. The first-order chi connectivity index (χ1) is 12.2. The topological polar surface area (TPSA) is 78.4 Å². The number of hydrogen-bond acceptors (Lipinski definition) is 5. The Bertz CT molecular complexity index is 700. The van der Waals surface area contributed by atoms with Gasteiger partial charge in [-0.25, -0.2) is 4.98 Å². The molecule has 0 bridgehead atoms. The van der Waals surface area contributed by atoms with Gasteiger partial charge in [0.1, 0.15) is 12.2 Å². The van der Waals surface area contributed by atoms with Crippen molar-refractivity contribution in [1.29, 1.82) is 0 Å². The van der Waals surface area contributed by atoms with Crippen LogP contribution in [0.3, 0.4) is 0 Å². The van der Waals surface area contributed by atoms with Crippen molar-refractivity contribution in [1.82, 2.24) is 20.2 Å². The molecule has 7 heteroatoms. The van der Waals surface area contributed by atoms with Gasteiger partial charge in [-0.1, -0.05) is 6.07 Å². The quantitative estimate of drug-likeness (QED) is 0.817. The molecule has 25 heavy (non-hydrogen) atoms. The summed E-state index contributed by atoms with van der Waals surface area (Å²) in [5.41, 5.74) is 0.958. The Morgan fingerprint density at radius 1 is 1.00 bits per heavy atom. The van der Waals surface area contributed by atoms with Gasteiger partial charge in [-0.3, -0.25) is 14.6 Å². The van der Waals surface area contributed by atoms with E-state index in [1.165, 1.54) is 0 Å². The lowest BCUT2D eigenvalue weighted by molar-refractivity contribution is -0.136. The molecule has 2 amide bonds. The monoisotopic (exact) mass is 339 g/mol. The van der Waals surface area contributed by atoms with E-state index in [-0.39, 0.29) is 18.2 Å². The van der Waals surface area contributed by atoms with Gasteiger partial charge in [0, 0.05) is 51.3 Å². The van der Waals surface area contributed by atoms with E-state index < -0.39 is 0 Å². The normalized spacial score (nSPS) is 14.2. The minimum atomic E-state index is -0.256. The summed E-state index contributed by atoms with van der Waals surface area (Å²) in [7, 11) is 0. The highest BCUT2D eigenvalue weighted by molar-refractivity contribution is 5.96. The fourth-order valence-electron chi connectivity index (χ4n) is 2.74. The fraction of sp³-hybridized carbons (Fsp3) is 0.333. The van der Waals surface area contributed by atoms with Crippen LogP contribution < -0.4 is 10.2 Å². The van der Waals surface area contributed by atoms with E-state index in [2.05, 4.69) is 20.2 Å². The smallest absolute Gasteiger partial charge is 0.232 e. The summed E-state index contributed by atoms with van der Waals surface area (Å²) in [6.07, 6.45) is 5.00. The summed E-state index contributed by atoms with van der Waals surface area (Å²) >= 11 is 0. The van der Waals surface area contributed by atoms with E-state index in [1.54, 1.807) is 23.5 Å². The van der Waals surface area contributed by atoms with E-state index in [9.17, 15) is 9.59 Å². The number of aromatic nitrogens is 2. The number of nitrogens with one attached hydrogen (secondary N) is 1. The predicted octanol–water partition coefficient (Wildman–Crippen LogP) is 0.832. The van der Waals surface area contributed by atoms with E-state index >= 15 is 0 Å². The number of amides is 2. The van der Waals surface area contributed by atoms with Crippen LogP contribution in [0.4, 0.5) is 5.82 Å². The molecule has 1 aliphatic rings. The zero-order valence-electron chi connectivity index (χ0n) is 14.0. The van der Waals surface area contributed by atoms with Crippen molar-refractivity contribution >= 4 is 17.6 Å². The maximum atomic E-state index is 12.3. The Morgan fingerprint density at radius 3 is 2.44 bits per heavy atom. The third-order valence-electron chi connectivity index (χ3n) is 4.16. The molecule has 3 rings (SSSR count). The van der Waals surface area contributed by atoms with Crippen LogP contribution >= 0.6 is 0 Å². The molecule has 7 nitrogen and oxygen atoms in total. The first-order valence-corrected chi connectivity index (χ1v) is 8.32. The van der Waals surface area contributed by atoms with Gasteiger partial charge in [0.25, 0.3) is 0 Å². The summed E-state index contributed by atoms with van der Waals surface area (Å²) in [5, 5.41) is 2.77. The molecule has 0 atom stereocenters. The van der Waals surface area contributed by atoms with Crippen LogP contribution in [-0.4, -0.2) is 52.9 Å². The molecule has 130 valence electrons. The minimum absolute atomic E-state index is 0.116. The highest BCUT2D eigenvalue weighted by Gasteiger charge is 2.23. The molecule has 0 unspecified atom stereocenters. The maximum absolute atomic E-state index is 12.3. The van der Waals surface area contributed by atoms with Crippen LogP contribution in [0, 0.1) is 0 Å². The molecule has 1 N–H and O–H groups in total. The standard InChI is InChI=1S/C18H21N5O2/c24-17(21-14-15-4-7-19-8-5-15)13-18(25)23-11-9-22(10-12-23)16-3-1-2-6-20-16/h1-8H,9-14H2,(H,21,24). The largest absolute Gasteiger partial charge is 0.353 e. The minimum Gasteiger partial charge on any atom is -0.353 e. The lowest BCUT2D eigenvalue weighted by Crippen LogP contribution is -2.49. The average Bonchev–Trinajstić information content (AvgIpc) is 2.68. The molecule has 0 radical (unpaired) electrons. The second-order valence-corrected chi connectivity index (χ2v) is 5.86. The van der Waals surface area contributed by atoms with Gasteiger partial charge >= 0.3 is 0 Å². The van der Waals surface area contributed by atoms with E-state index in [1.807, 2.05) is 30.3 Å². The lowest BCUT2D eigenvalue weighted by Gasteiger charge is -2.35. The van der Waals surface area contributed by atoms with Crippen molar-refractivity contribution in [2.24, 2.45) is 0 Å². The number of anilines is 1.